The summed E-state index contributed by atoms with van der Waals surface area (Å²) < 4.78 is 5.67. The van der Waals surface area contributed by atoms with Gasteiger partial charge in [-0.15, -0.1) is 0 Å². The van der Waals surface area contributed by atoms with Crippen molar-refractivity contribution < 1.29 is 9.53 Å². The van der Waals surface area contributed by atoms with E-state index in [-0.39, 0.29) is 17.9 Å². The molecule has 0 aromatic heterocycles. The van der Waals surface area contributed by atoms with E-state index in [0.29, 0.717) is 19.1 Å². The van der Waals surface area contributed by atoms with Crippen LogP contribution in [0.5, 0.6) is 5.75 Å². The number of ether oxygens (including phenoxy) is 1. The van der Waals surface area contributed by atoms with Gasteiger partial charge in [-0.1, -0.05) is 25.1 Å². The largest absolute Gasteiger partial charge is 0.493 e. The zero-order chi connectivity index (χ0) is 14.8. The third kappa shape index (κ3) is 2.77. The van der Waals surface area contributed by atoms with Crippen molar-refractivity contribution in [2.24, 2.45) is 11.7 Å². The second-order valence-corrected chi connectivity index (χ2v) is 6.28. The highest BCUT2D eigenvalue weighted by Gasteiger charge is 2.35. The third-order valence-corrected chi connectivity index (χ3v) is 4.79. The molecule has 3 atom stereocenters. The first-order valence-electron chi connectivity index (χ1n) is 7.93. The number of carbonyl (C=O) groups excluding carboxylic acids is 1. The molecule has 2 N–H and O–H groups in total. The van der Waals surface area contributed by atoms with Gasteiger partial charge in [0.15, 0.2) is 0 Å². The minimum Gasteiger partial charge on any atom is -0.493 e. The number of hydrogen-bond acceptors (Lipinski definition) is 3. The number of benzene rings is 1. The normalized spacial score (nSPS) is 28.7. The van der Waals surface area contributed by atoms with Crippen LogP contribution >= 0.6 is 0 Å². The van der Waals surface area contributed by atoms with E-state index < -0.39 is 0 Å². The molecule has 0 radical (unpaired) electrons. The molecule has 4 heteroatoms. The molecule has 1 aromatic rings. The molecule has 1 amide bonds. The molecule has 1 saturated heterocycles. The molecule has 3 unspecified atom stereocenters. The Hall–Kier alpha value is -1.55. The highest BCUT2D eigenvalue weighted by molar-refractivity contribution is 5.85. The van der Waals surface area contributed by atoms with E-state index in [1.54, 1.807) is 0 Å². The molecular formula is C17H24N2O2. The van der Waals surface area contributed by atoms with Crippen LogP contribution in [0.25, 0.3) is 0 Å². The summed E-state index contributed by atoms with van der Waals surface area (Å²) in [6.45, 7) is 4.25. The summed E-state index contributed by atoms with van der Waals surface area (Å²) in [4.78, 5) is 15.0. The number of hydrogen-bond donors (Lipinski definition) is 1. The molecule has 4 nitrogen and oxygen atoms in total. The SMILES string of the molecule is CC1CCN(C(=O)C2CCOc3ccccc32)C(CN)C1. The fraction of sp³-hybridized carbons (Fsp3) is 0.588. The van der Waals surface area contributed by atoms with Gasteiger partial charge in [0.1, 0.15) is 5.75 Å². The van der Waals surface area contributed by atoms with Crippen LogP contribution in [0.4, 0.5) is 0 Å². The van der Waals surface area contributed by atoms with Gasteiger partial charge in [-0.25, -0.2) is 0 Å². The molecule has 1 fully saturated rings. The Labute approximate surface area is 126 Å². The van der Waals surface area contributed by atoms with Gasteiger partial charge in [-0.3, -0.25) is 4.79 Å². The molecule has 0 saturated carbocycles. The summed E-state index contributed by atoms with van der Waals surface area (Å²) in [5.74, 6) is 1.67. The number of para-hydroxylation sites is 1. The molecular weight excluding hydrogens is 264 g/mol. The van der Waals surface area contributed by atoms with Crippen molar-refractivity contribution in [3.63, 3.8) is 0 Å². The second kappa shape index (κ2) is 6.06. The van der Waals surface area contributed by atoms with Crippen molar-refractivity contribution in [2.45, 2.75) is 38.1 Å². The molecule has 0 aliphatic carbocycles. The Morgan fingerprint density at radius 2 is 2.19 bits per heavy atom. The lowest BCUT2D eigenvalue weighted by Gasteiger charge is -2.40. The van der Waals surface area contributed by atoms with Crippen LogP contribution in [-0.2, 0) is 4.79 Å². The summed E-state index contributed by atoms with van der Waals surface area (Å²) in [5, 5.41) is 0. The van der Waals surface area contributed by atoms with Crippen LogP contribution < -0.4 is 10.5 Å². The third-order valence-electron chi connectivity index (χ3n) is 4.79. The van der Waals surface area contributed by atoms with Crippen molar-refractivity contribution in [2.75, 3.05) is 19.7 Å². The maximum absolute atomic E-state index is 13.0. The van der Waals surface area contributed by atoms with E-state index in [2.05, 4.69) is 6.92 Å². The van der Waals surface area contributed by atoms with E-state index >= 15 is 0 Å². The van der Waals surface area contributed by atoms with Crippen LogP contribution in [0, 0.1) is 5.92 Å². The summed E-state index contributed by atoms with van der Waals surface area (Å²) in [5.41, 5.74) is 6.93. The molecule has 21 heavy (non-hydrogen) atoms. The number of fused-ring (bicyclic) bond motifs is 1. The quantitative estimate of drug-likeness (QED) is 0.907. The van der Waals surface area contributed by atoms with Crippen LogP contribution in [0.3, 0.4) is 0 Å². The summed E-state index contributed by atoms with van der Waals surface area (Å²) >= 11 is 0. The van der Waals surface area contributed by atoms with E-state index in [4.69, 9.17) is 10.5 Å². The predicted molar refractivity (Wildman–Crippen MR) is 82.2 cm³/mol. The zero-order valence-electron chi connectivity index (χ0n) is 12.6. The first-order chi connectivity index (χ1) is 10.2. The van der Waals surface area contributed by atoms with Crippen LogP contribution in [0.15, 0.2) is 24.3 Å². The molecule has 0 spiro atoms. The standard InChI is InChI=1S/C17H24N2O2/c1-12-6-8-19(13(10-12)11-18)17(20)15-7-9-21-16-5-3-2-4-14(15)16/h2-5,12-13,15H,6-11,18H2,1H3. The summed E-state index contributed by atoms with van der Waals surface area (Å²) in [6, 6.07) is 8.09. The summed E-state index contributed by atoms with van der Waals surface area (Å²) in [6.07, 6.45) is 2.86. The molecule has 114 valence electrons. The van der Waals surface area contributed by atoms with Gasteiger partial charge < -0.3 is 15.4 Å². The van der Waals surface area contributed by atoms with Crippen LogP contribution in [0.1, 0.15) is 37.7 Å². The smallest absolute Gasteiger partial charge is 0.230 e. The topological polar surface area (TPSA) is 55.6 Å². The van der Waals surface area contributed by atoms with Crippen LogP contribution in [0.2, 0.25) is 0 Å². The number of amides is 1. The van der Waals surface area contributed by atoms with Gasteiger partial charge >= 0.3 is 0 Å². The van der Waals surface area contributed by atoms with Crippen molar-refractivity contribution >= 4 is 5.91 Å². The molecule has 2 heterocycles. The van der Waals surface area contributed by atoms with Gasteiger partial charge in [0, 0.05) is 24.7 Å². The molecule has 2 aliphatic rings. The number of nitrogens with zero attached hydrogens (tertiary/aromatic N) is 1. The van der Waals surface area contributed by atoms with Crippen LogP contribution in [-0.4, -0.2) is 36.5 Å². The fourth-order valence-electron chi connectivity index (χ4n) is 3.56. The van der Waals surface area contributed by atoms with E-state index in [1.165, 1.54) is 0 Å². The van der Waals surface area contributed by atoms with Crippen molar-refractivity contribution in [1.29, 1.82) is 0 Å². The van der Waals surface area contributed by atoms with Gasteiger partial charge in [-0.2, -0.15) is 0 Å². The van der Waals surface area contributed by atoms with Crippen molar-refractivity contribution in [3.8, 4) is 5.75 Å². The highest BCUT2D eigenvalue weighted by Crippen LogP contribution is 2.36. The number of likely N-dealkylation sites (tertiary alicyclic amines) is 1. The summed E-state index contributed by atoms with van der Waals surface area (Å²) in [7, 11) is 0. The fourth-order valence-corrected chi connectivity index (χ4v) is 3.56. The maximum Gasteiger partial charge on any atom is 0.230 e. The first kappa shape index (κ1) is 14.4. The monoisotopic (exact) mass is 288 g/mol. The van der Waals surface area contributed by atoms with E-state index in [1.807, 2.05) is 29.2 Å². The molecule has 0 bridgehead atoms. The number of piperidine rings is 1. The first-order valence-corrected chi connectivity index (χ1v) is 7.93. The lowest BCUT2D eigenvalue weighted by Crippen LogP contribution is -2.51. The van der Waals surface area contributed by atoms with Gasteiger partial charge in [0.05, 0.1) is 12.5 Å². The maximum atomic E-state index is 13.0. The highest BCUT2D eigenvalue weighted by atomic mass is 16.5. The Morgan fingerprint density at radius 3 is 3.00 bits per heavy atom. The average molecular weight is 288 g/mol. The Balaban J connectivity index is 1.82. The van der Waals surface area contributed by atoms with Gasteiger partial charge in [0.25, 0.3) is 0 Å². The van der Waals surface area contributed by atoms with Gasteiger partial charge in [0.2, 0.25) is 5.91 Å². The Morgan fingerprint density at radius 1 is 1.38 bits per heavy atom. The van der Waals surface area contributed by atoms with Crippen molar-refractivity contribution in [3.05, 3.63) is 29.8 Å². The molecule has 3 rings (SSSR count). The van der Waals surface area contributed by atoms with Crippen molar-refractivity contribution in [1.82, 2.24) is 4.90 Å². The minimum atomic E-state index is -0.0718. The number of carbonyl (C=O) groups is 1. The molecule has 2 aliphatic heterocycles. The molecule has 1 aromatic carbocycles. The minimum absolute atomic E-state index is 0.0718. The lowest BCUT2D eigenvalue weighted by molar-refractivity contribution is -0.137. The predicted octanol–water partition coefficient (Wildman–Crippen LogP) is 2.14. The zero-order valence-corrected chi connectivity index (χ0v) is 12.6. The van der Waals surface area contributed by atoms with E-state index in [9.17, 15) is 4.79 Å². The van der Waals surface area contributed by atoms with Gasteiger partial charge in [-0.05, 0) is 31.2 Å². The lowest BCUT2D eigenvalue weighted by atomic mass is 9.87. The Kier molecular flexibility index (Phi) is 4.15. The Bertz CT molecular complexity index is 517. The average Bonchev–Trinajstić information content (AvgIpc) is 2.53. The number of rotatable bonds is 2. The number of nitrogens with two attached hydrogens (primary N) is 1. The second-order valence-electron chi connectivity index (χ2n) is 6.28. The van der Waals surface area contributed by atoms with E-state index in [0.717, 1.165) is 37.1 Å².